The van der Waals surface area contributed by atoms with Crippen LogP contribution in [0.1, 0.15) is 25.8 Å². The Morgan fingerprint density at radius 3 is 2.78 bits per heavy atom. The molecule has 0 bridgehead atoms. The number of urea groups is 1. The molecule has 6 nitrogen and oxygen atoms in total. The maximum Gasteiger partial charge on any atom is 0.315 e. The van der Waals surface area contributed by atoms with Crippen LogP contribution in [0, 0.1) is 5.92 Å². The second-order valence-electron chi connectivity index (χ2n) is 4.87. The number of carbonyl (C=O) groups excluding carboxylic acids is 1. The molecule has 0 aliphatic carbocycles. The van der Waals surface area contributed by atoms with Crippen molar-refractivity contribution in [2.75, 3.05) is 6.54 Å². The number of rotatable bonds is 6. The number of hydrogen-bond donors (Lipinski definition) is 3. The van der Waals surface area contributed by atoms with Crippen molar-refractivity contribution < 1.29 is 9.90 Å². The van der Waals surface area contributed by atoms with Gasteiger partial charge in [-0.2, -0.15) is 5.10 Å². The first-order chi connectivity index (χ1) is 8.47. The standard InChI is InChI=1S/C12H22N4O2/c1-9(2)4-11(17)7-14-12(18)13-5-10-6-15-16(3)8-10/h6,8-9,11,17H,4-5,7H2,1-3H3,(H2,13,14,18). The number of aliphatic hydroxyl groups excluding tert-OH is 1. The summed E-state index contributed by atoms with van der Waals surface area (Å²) >= 11 is 0. The molecular weight excluding hydrogens is 232 g/mol. The summed E-state index contributed by atoms with van der Waals surface area (Å²) in [7, 11) is 1.83. The number of aliphatic hydroxyl groups is 1. The van der Waals surface area contributed by atoms with E-state index in [-0.39, 0.29) is 12.6 Å². The van der Waals surface area contributed by atoms with Gasteiger partial charge in [0, 0.05) is 31.9 Å². The zero-order valence-corrected chi connectivity index (χ0v) is 11.2. The van der Waals surface area contributed by atoms with Crippen LogP contribution in [0.3, 0.4) is 0 Å². The molecule has 6 heteroatoms. The van der Waals surface area contributed by atoms with Crippen LogP contribution in [0.5, 0.6) is 0 Å². The molecule has 0 spiro atoms. The van der Waals surface area contributed by atoms with Gasteiger partial charge in [-0.05, 0) is 12.3 Å². The lowest BCUT2D eigenvalue weighted by atomic mass is 10.1. The van der Waals surface area contributed by atoms with Gasteiger partial charge in [-0.15, -0.1) is 0 Å². The number of hydrogen-bond acceptors (Lipinski definition) is 3. The molecule has 0 aromatic carbocycles. The zero-order chi connectivity index (χ0) is 13.5. The minimum absolute atomic E-state index is 0.275. The summed E-state index contributed by atoms with van der Waals surface area (Å²) in [6.45, 7) is 4.77. The summed E-state index contributed by atoms with van der Waals surface area (Å²) in [5.74, 6) is 0.417. The second kappa shape index (κ2) is 7.00. The van der Waals surface area contributed by atoms with Crippen LogP contribution in [0.25, 0.3) is 0 Å². The molecule has 0 saturated carbocycles. The zero-order valence-electron chi connectivity index (χ0n) is 11.2. The highest BCUT2D eigenvalue weighted by Gasteiger charge is 2.08. The quantitative estimate of drug-likeness (QED) is 0.696. The molecule has 1 atom stereocenters. The van der Waals surface area contributed by atoms with E-state index in [1.54, 1.807) is 10.9 Å². The van der Waals surface area contributed by atoms with E-state index in [2.05, 4.69) is 15.7 Å². The fourth-order valence-corrected chi connectivity index (χ4v) is 1.65. The molecule has 0 fully saturated rings. The van der Waals surface area contributed by atoms with Gasteiger partial charge in [0.25, 0.3) is 0 Å². The van der Waals surface area contributed by atoms with Gasteiger partial charge >= 0.3 is 6.03 Å². The molecule has 102 valence electrons. The summed E-state index contributed by atoms with van der Waals surface area (Å²) in [5.41, 5.74) is 0.940. The molecule has 0 aliphatic rings. The van der Waals surface area contributed by atoms with Gasteiger partial charge in [-0.25, -0.2) is 4.79 Å². The maximum absolute atomic E-state index is 11.5. The minimum Gasteiger partial charge on any atom is -0.391 e. The van der Waals surface area contributed by atoms with Crippen molar-refractivity contribution in [1.82, 2.24) is 20.4 Å². The Labute approximate surface area is 107 Å². The predicted molar refractivity (Wildman–Crippen MR) is 68.9 cm³/mol. The van der Waals surface area contributed by atoms with Gasteiger partial charge in [-0.3, -0.25) is 4.68 Å². The molecule has 3 N–H and O–H groups in total. The lowest BCUT2D eigenvalue weighted by molar-refractivity contribution is 0.147. The SMILES string of the molecule is CC(C)CC(O)CNC(=O)NCc1cnn(C)c1. The number of aromatic nitrogens is 2. The van der Waals surface area contributed by atoms with E-state index in [1.807, 2.05) is 27.1 Å². The predicted octanol–water partition coefficient (Wildman–Crippen LogP) is 0.626. The third-order valence-electron chi connectivity index (χ3n) is 2.45. The number of nitrogens with one attached hydrogen (secondary N) is 2. The van der Waals surface area contributed by atoms with Crippen molar-refractivity contribution in [1.29, 1.82) is 0 Å². The average molecular weight is 254 g/mol. The van der Waals surface area contributed by atoms with Gasteiger partial charge in [0.2, 0.25) is 0 Å². The first-order valence-corrected chi connectivity index (χ1v) is 6.14. The number of nitrogens with zero attached hydrogens (tertiary/aromatic N) is 2. The average Bonchev–Trinajstić information content (AvgIpc) is 2.69. The van der Waals surface area contributed by atoms with Crippen LogP contribution in [-0.2, 0) is 13.6 Å². The number of carbonyl (C=O) groups is 1. The third-order valence-corrected chi connectivity index (χ3v) is 2.45. The fraction of sp³-hybridized carbons (Fsp3) is 0.667. The summed E-state index contributed by atoms with van der Waals surface area (Å²) < 4.78 is 1.68. The van der Waals surface area contributed by atoms with E-state index < -0.39 is 6.10 Å². The van der Waals surface area contributed by atoms with Crippen molar-refractivity contribution in [3.63, 3.8) is 0 Å². The van der Waals surface area contributed by atoms with E-state index in [9.17, 15) is 9.90 Å². The van der Waals surface area contributed by atoms with E-state index in [1.165, 1.54) is 0 Å². The summed E-state index contributed by atoms with van der Waals surface area (Å²) in [6, 6.07) is -0.276. The van der Waals surface area contributed by atoms with Crippen LogP contribution >= 0.6 is 0 Å². The van der Waals surface area contributed by atoms with Crippen LogP contribution in [0.2, 0.25) is 0 Å². The highest BCUT2D eigenvalue weighted by molar-refractivity contribution is 5.73. The van der Waals surface area contributed by atoms with E-state index in [0.717, 1.165) is 5.56 Å². The van der Waals surface area contributed by atoms with E-state index in [4.69, 9.17) is 0 Å². The Morgan fingerprint density at radius 2 is 2.22 bits per heavy atom. The Morgan fingerprint density at radius 1 is 1.50 bits per heavy atom. The van der Waals surface area contributed by atoms with Gasteiger partial charge < -0.3 is 15.7 Å². The Bertz CT molecular complexity index is 376. The molecule has 1 aromatic rings. The van der Waals surface area contributed by atoms with Crippen molar-refractivity contribution >= 4 is 6.03 Å². The van der Waals surface area contributed by atoms with Crippen LogP contribution in [0.4, 0.5) is 4.79 Å². The first kappa shape index (κ1) is 14.5. The lowest BCUT2D eigenvalue weighted by Gasteiger charge is -2.14. The second-order valence-corrected chi connectivity index (χ2v) is 4.87. The molecule has 0 radical (unpaired) electrons. The summed E-state index contributed by atoms with van der Waals surface area (Å²) in [4.78, 5) is 11.5. The minimum atomic E-state index is -0.492. The normalized spacial score (nSPS) is 12.5. The summed E-state index contributed by atoms with van der Waals surface area (Å²) in [6.07, 6.45) is 3.74. The molecule has 0 saturated heterocycles. The Hall–Kier alpha value is -1.56. The number of amides is 2. The Balaban J connectivity index is 2.18. The Kier molecular flexibility index (Phi) is 5.64. The van der Waals surface area contributed by atoms with Crippen molar-refractivity contribution in [3.05, 3.63) is 18.0 Å². The first-order valence-electron chi connectivity index (χ1n) is 6.14. The molecule has 1 rings (SSSR count). The molecule has 0 aliphatic heterocycles. The van der Waals surface area contributed by atoms with E-state index >= 15 is 0 Å². The monoisotopic (exact) mass is 254 g/mol. The molecule has 1 unspecified atom stereocenters. The number of aryl methyl sites for hydroxylation is 1. The van der Waals surface area contributed by atoms with E-state index in [0.29, 0.717) is 18.9 Å². The van der Waals surface area contributed by atoms with Crippen molar-refractivity contribution in [2.45, 2.75) is 32.9 Å². The molecule has 2 amide bonds. The highest BCUT2D eigenvalue weighted by Crippen LogP contribution is 2.03. The lowest BCUT2D eigenvalue weighted by Crippen LogP contribution is -2.39. The van der Waals surface area contributed by atoms with Crippen molar-refractivity contribution in [3.8, 4) is 0 Å². The smallest absolute Gasteiger partial charge is 0.315 e. The summed E-state index contributed by atoms with van der Waals surface area (Å²) in [5, 5.41) is 19.0. The van der Waals surface area contributed by atoms with Gasteiger partial charge in [0.1, 0.15) is 0 Å². The van der Waals surface area contributed by atoms with Gasteiger partial charge in [-0.1, -0.05) is 13.8 Å². The maximum atomic E-state index is 11.5. The fourth-order valence-electron chi connectivity index (χ4n) is 1.65. The molecule has 1 heterocycles. The largest absolute Gasteiger partial charge is 0.391 e. The highest BCUT2D eigenvalue weighted by atomic mass is 16.3. The topological polar surface area (TPSA) is 79.2 Å². The van der Waals surface area contributed by atoms with Crippen molar-refractivity contribution in [2.24, 2.45) is 13.0 Å². The molecular formula is C12H22N4O2. The van der Waals surface area contributed by atoms with Crippen LogP contribution < -0.4 is 10.6 Å². The van der Waals surface area contributed by atoms with Gasteiger partial charge in [0.15, 0.2) is 0 Å². The van der Waals surface area contributed by atoms with Crippen LogP contribution in [0.15, 0.2) is 12.4 Å². The third kappa shape index (κ3) is 5.67. The molecule has 1 aromatic heterocycles. The molecule has 18 heavy (non-hydrogen) atoms. The van der Waals surface area contributed by atoms with Crippen LogP contribution in [-0.4, -0.2) is 33.6 Å². The van der Waals surface area contributed by atoms with Gasteiger partial charge in [0.05, 0.1) is 12.3 Å².